The Morgan fingerprint density at radius 1 is 0.558 bits per heavy atom. The zero-order valence-electron chi connectivity index (χ0n) is 34.6. The number of phosphoric acid groups is 1. The molecule has 5 N–H and O–H groups in total. The van der Waals surface area contributed by atoms with Crippen LogP contribution < -0.4 is 11.1 Å². The molecule has 3 unspecified atom stereocenters. The Morgan fingerprint density at radius 2 is 0.885 bits per heavy atom. The number of phosphoric ester groups is 1. The van der Waals surface area contributed by atoms with Gasteiger partial charge in [0.25, 0.3) is 0 Å². The highest BCUT2D eigenvalue weighted by Crippen LogP contribution is 2.43. The second-order valence-corrected chi connectivity index (χ2v) is 17.1. The van der Waals surface area contributed by atoms with Gasteiger partial charge in [-0.05, 0) is 12.8 Å². The first kappa shape index (κ1) is 51.5. The quantitative estimate of drug-likeness (QED) is 0.0359. The van der Waals surface area contributed by atoms with Crippen LogP contribution in [0.2, 0.25) is 0 Å². The molecule has 0 saturated heterocycles. The number of amides is 1. The van der Waals surface area contributed by atoms with Gasteiger partial charge in [-0.1, -0.05) is 219 Å². The lowest BCUT2D eigenvalue weighted by molar-refractivity contribution is -0.123. The van der Waals surface area contributed by atoms with E-state index in [0.29, 0.717) is 12.8 Å². The van der Waals surface area contributed by atoms with E-state index in [-0.39, 0.29) is 25.7 Å². The topological polar surface area (TPSA) is 131 Å². The van der Waals surface area contributed by atoms with Crippen LogP contribution in [-0.4, -0.2) is 47.8 Å². The van der Waals surface area contributed by atoms with Crippen LogP contribution >= 0.6 is 7.82 Å². The molecule has 0 spiro atoms. The molecule has 0 heterocycles. The number of nitrogens with one attached hydrogen (secondary N) is 1. The van der Waals surface area contributed by atoms with Gasteiger partial charge >= 0.3 is 7.82 Å². The van der Waals surface area contributed by atoms with Crippen molar-refractivity contribution in [2.24, 2.45) is 5.73 Å². The fourth-order valence-electron chi connectivity index (χ4n) is 7.02. The molecular formula is C43H89N2O6P. The van der Waals surface area contributed by atoms with E-state index in [0.717, 1.165) is 38.5 Å². The number of aliphatic hydroxyl groups is 1. The van der Waals surface area contributed by atoms with Crippen molar-refractivity contribution in [2.75, 3.05) is 19.8 Å². The normalized spacial score (nSPS) is 14.0. The van der Waals surface area contributed by atoms with Gasteiger partial charge in [-0.3, -0.25) is 13.8 Å². The third-order valence-corrected chi connectivity index (χ3v) is 11.4. The third-order valence-electron chi connectivity index (χ3n) is 10.5. The predicted octanol–water partition coefficient (Wildman–Crippen LogP) is 12.6. The third kappa shape index (κ3) is 37.8. The summed E-state index contributed by atoms with van der Waals surface area (Å²) in [4.78, 5) is 22.7. The Morgan fingerprint density at radius 3 is 1.23 bits per heavy atom. The summed E-state index contributed by atoms with van der Waals surface area (Å²) < 4.78 is 22.2. The summed E-state index contributed by atoms with van der Waals surface area (Å²) in [6.45, 7) is 4.23. The molecule has 0 rings (SSSR count). The maximum atomic E-state index is 12.7. The molecule has 9 heteroatoms. The minimum atomic E-state index is -4.31. The van der Waals surface area contributed by atoms with Crippen molar-refractivity contribution >= 4 is 13.7 Å². The van der Waals surface area contributed by atoms with Crippen LogP contribution in [0.25, 0.3) is 0 Å². The van der Waals surface area contributed by atoms with E-state index in [1.54, 1.807) is 0 Å². The molecule has 0 aliphatic rings. The zero-order chi connectivity index (χ0) is 38.2. The van der Waals surface area contributed by atoms with E-state index < -0.39 is 20.0 Å². The number of rotatable bonds is 43. The average molecular weight is 761 g/mol. The number of aliphatic hydroxyl groups excluding tert-OH is 1. The monoisotopic (exact) mass is 761 g/mol. The summed E-state index contributed by atoms with van der Waals surface area (Å²) in [6.07, 6.45) is 42.6. The molecule has 0 aromatic carbocycles. The summed E-state index contributed by atoms with van der Waals surface area (Å²) in [5.74, 6) is -0.158. The molecule has 8 nitrogen and oxygen atoms in total. The smallest absolute Gasteiger partial charge is 0.391 e. The Labute approximate surface area is 322 Å². The standard InChI is InChI=1S/C43H89N2O6P/c1-3-5-7-9-11-13-15-17-18-19-20-21-22-23-24-25-26-28-30-32-34-36-42(46)41(40-51-52(48,49)50-39-38-44)45-43(47)37-35-33-31-29-27-16-14-12-10-8-6-4-2/h41-42,46H,3-40,44H2,1-2H3,(H,45,47)(H,48,49). The first-order valence-electron chi connectivity index (χ1n) is 22.7. The first-order valence-corrected chi connectivity index (χ1v) is 24.1. The van der Waals surface area contributed by atoms with E-state index in [1.165, 1.54) is 173 Å². The van der Waals surface area contributed by atoms with E-state index in [4.69, 9.17) is 14.8 Å². The number of nitrogens with two attached hydrogens (primary N) is 1. The molecule has 3 atom stereocenters. The van der Waals surface area contributed by atoms with Gasteiger partial charge in [-0.2, -0.15) is 0 Å². The second kappa shape index (κ2) is 40.2. The van der Waals surface area contributed by atoms with Gasteiger partial charge in [0, 0.05) is 13.0 Å². The van der Waals surface area contributed by atoms with Crippen molar-refractivity contribution in [3.63, 3.8) is 0 Å². The van der Waals surface area contributed by atoms with Crippen molar-refractivity contribution in [1.82, 2.24) is 5.32 Å². The maximum Gasteiger partial charge on any atom is 0.472 e. The SMILES string of the molecule is CCCCCCCCCCCCCCCCCCCCCCCC(O)C(COP(=O)(O)OCCN)NC(=O)CCCCCCCCCCCCCC. The van der Waals surface area contributed by atoms with Crippen molar-refractivity contribution in [3.8, 4) is 0 Å². The number of hydrogen-bond donors (Lipinski definition) is 4. The maximum absolute atomic E-state index is 12.7. The average Bonchev–Trinajstić information content (AvgIpc) is 3.13. The number of carbonyl (C=O) groups excluding carboxylic acids is 1. The van der Waals surface area contributed by atoms with Crippen LogP contribution in [0.1, 0.15) is 239 Å². The largest absolute Gasteiger partial charge is 0.472 e. The Balaban J connectivity index is 4.04. The van der Waals surface area contributed by atoms with Crippen molar-refractivity contribution < 1.29 is 28.4 Å². The predicted molar refractivity (Wildman–Crippen MR) is 222 cm³/mol. The lowest BCUT2D eigenvalue weighted by Crippen LogP contribution is -2.46. The minimum absolute atomic E-state index is 0.0925. The number of unbranched alkanes of at least 4 members (excludes halogenated alkanes) is 31. The molecule has 0 aromatic rings. The summed E-state index contributed by atoms with van der Waals surface area (Å²) >= 11 is 0. The van der Waals surface area contributed by atoms with Gasteiger partial charge in [0.1, 0.15) is 0 Å². The molecule has 52 heavy (non-hydrogen) atoms. The van der Waals surface area contributed by atoms with E-state index in [2.05, 4.69) is 19.2 Å². The molecule has 0 fully saturated rings. The molecule has 0 aliphatic heterocycles. The van der Waals surface area contributed by atoms with Gasteiger partial charge in [0.15, 0.2) is 0 Å². The van der Waals surface area contributed by atoms with E-state index >= 15 is 0 Å². The molecule has 0 saturated carbocycles. The van der Waals surface area contributed by atoms with Crippen LogP contribution in [0.5, 0.6) is 0 Å². The highest BCUT2D eigenvalue weighted by Gasteiger charge is 2.27. The van der Waals surface area contributed by atoms with Gasteiger partial charge in [0.05, 0.1) is 25.4 Å². The Bertz CT molecular complexity index is 789. The van der Waals surface area contributed by atoms with Crippen LogP contribution in [0.3, 0.4) is 0 Å². The van der Waals surface area contributed by atoms with Crippen LogP contribution in [-0.2, 0) is 18.4 Å². The zero-order valence-corrected chi connectivity index (χ0v) is 35.5. The molecule has 0 radical (unpaired) electrons. The molecule has 0 aromatic heterocycles. The fourth-order valence-corrected chi connectivity index (χ4v) is 7.78. The number of hydrogen-bond acceptors (Lipinski definition) is 6. The van der Waals surface area contributed by atoms with Gasteiger partial charge in [-0.15, -0.1) is 0 Å². The van der Waals surface area contributed by atoms with Gasteiger partial charge in [0.2, 0.25) is 5.91 Å². The van der Waals surface area contributed by atoms with Crippen molar-refractivity contribution in [3.05, 3.63) is 0 Å². The van der Waals surface area contributed by atoms with Crippen LogP contribution in [0.4, 0.5) is 0 Å². The lowest BCUT2D eigenvalue weighted by atomic mass is 10.0. The van der Waals surface area contributed by atoms with E-state index in [9.17, 15) is 19.4 Å². The van der Waals surface area contributed by atoms with Crippen molar-refractivity contribution in [2.45, 2.75) is 251 Å². The summed E-state index contributed by atoms with van der Waals surface area (Å²) in [7, 11) is -4.31. The molecular weight excluding hydrogens is 671 g/mol. The van der Waals surface area contributed by atoms with Crippen molar-refractivity contribution in [1.29, 1.82) is 0 Å². The van der Waals surface area contributed by atoms with E-state index in [1.807, 2.05) is 0 Å². The van der Waals surface area contributed by atoms with Gasteiger partial charge < -0.3 is 21.1 Å². The summed E-state index contributed by atoms with van der Waals surface area (Å²) in [5.41, 5.74) is 5.38. The fraction of sp³-hybridized carbons (Fsp3) is 0.977. The molecule has 1 amide bonds. The molecule has 0 bridgehead atoms. The lowest BCUT2D eigenvalue weighted by Gasteiger charge is -2.25. The summed E-state index contributed by atoms with van der Waals surface area (Å²) in [6, 6.07) is -0.767. The molecule has 0 aliphatic carbocycles. The van der Waals surface area contributed by atoms with Crippen LogP contribution in [0.15, 0.2) is 0 Å². The summed E-state index contributed by atoms with van der Waals surface area (Å²) in [5, 5.41) is 13.8. The Kier molecular flexibility index (Phi) is 39.8. The van der Waals surface area contributed by atoms with Crippen LogP contribution in [0, 0.1) is 0 Å². The highest BCUT2D eigenvalue weighted by molar-refractivity contribution is 7.47. The number of carbonyl (C=O) groups is 1. The molecule has 312 valence electrons. The second-order valence-electron chi connectivity index (χ2n) is 15.6. The highest BCUT2D eigenvalue weighted by atomic mass is 31.2. The Hall–Kier alpha value is -0.500. The minimum Gasteiger partial charge on any atom is -0.391 e. The van der Waals surface area contributed by atoms with Gasteiger partial charge in [-0.25, -0.2) is 4.57 Å². The first-order chi connectivity index (χ1) is 25.4.